The highest BCUT2D eigenvalue weighted by molar-refractivity contribution is 5.68. The molecule has 2 fully saturated rings. The molecule has 120 valence electrons. The molecule has 0 unspecified atom stereocenters. The number of carbonyl (C=O) groups excluding carboxylic acids is 1. The Balaban J connectivity index is 1.53. The molecule has 3 rings (SSSR count). The van der Waals surface area contributed by atoms with Crippen molar-refractivity contribution in [3.8, 4) is 0 Å². The molecule has 2 heterocycles. The van der Waals surface area contributed by atoms with Crippen LogP contribution in [-0.2, 0) is 4.74 Å². The van der Waals surface area contributed by atoms with Crippen molar-refractivity contribution >= 4 is 11.9 Å². The van der Waals surface area contributed by atoms with Gasteiger partial charge in [0.1, 0.15) is 11.6 Å². The van der Waals surface area contributed by atoms with Gasteiger partial charge in [-0.05, 0) is 24.8 Å². The Bertz CT molecular complexity index is 523. The van der Waals surface area contributed by atoms with E-state index in [1.54, 1.807) is 4.90 Å². The zero-order valence-corrected chi connectivity index (χ0v) is 13.4. The summed E-state index contributed by atoms with van der Waals surface area (Å²) in [6.45, 7) is 7.50. The van der Waals surface area contributed by atoms with Gasteiger partial charge in [0.05, 0.1) is 6.61 Å². The molecule has 0 atom stereocenters. The van der Waals surface area contributed by atoms with E-state index in [4.69, 9.17) is 4.74 Å². The Morgan fingerprint density at radius 2 is 2.05 bits per heavy atom. The van der Waals surface area contributed by atoms with Gasteiger partial charge in [0.15, 0.2) is 0 Å². The summed E-state index contributed by atoms with van der Waals surface area (Å²) in [6.07, 6.45) is 4.06. The molecule has 1 aliphatic heterocycles. The highest BCUT2D eigenvalue weighted by atomic mass is 16.6. The Morgan fingerprint density at radius 3 is 2.68 bits per heavy atom. The standard InChI is InChI=1S/C16H24N4O2/c1-12(2)11-22-16(21)20-9-7-19(8-10-20)14-5-6-17-15(18-14)13-3-4-13/h5-6,12-13H,3-4,7-11H2,1-2H3. The first-order chi connectivity index (χ1) is 10.6. The van der Waals surface area contributed by atoms with Gasteiger partial charge in [-0.15, -0.1) is 0 Å². The molecular formula is C16H24N4O2. The molecule has 6 nitrogen and oxygen atoms in total. The fourth-order valence-corrected chi connectivity index (χ4v) is 2.53. The van der Waals surface area contributed by atoms with Gasteiger partial charge in [0, 0.05) is 38.3 Å². The van der Waals surface area contributed by atoms with Crippen molar-refractivity contribution in [1.29, 1.82) is 0 Å². The molecule has 0 N–H and O–H groups in total. The number of hydrogen-bond acceptors (Lipinski definition) is 5. The largest absolute Gasteiger partial charge is 0.449 e. The van der Waals surface area contributed by atoms with E-state index in [9.17, 15) is 4.79 Å². The molecule has 0 radical (unpaired) electrons. The summed E-state index contributed by atoms with van der Waals surface area (Å²) < 4.78 is 5.29. The number of nitrogens with zero attached hydrogens (tertiary/aromatic N) is 4. The van der Waals surface area contributed by atoms with E-state index in [0.29, 0.717) is 31.5 Å². The summed E-state index contributed by atoms with van der Waals surface area (Å²) in [5.41, 5.74) is 0. The smallest absolute Gasteiger partial charge is 0.409 e. The van der Waals surface area contributed by atoms with Gasteiger partial charge < -0.3 is 14.5 Å². The third-order valence-electron chi connectivity index (χ3n) is 4.00. The van der Waals surface area contributed by atoms with Gasteiger partial charge in [-0.25, -0.2) is 14.8 Å². The van der Waals surface area contributed by atoms with Crippen molar-refractivity contribution in [2.24, 2.45) is 5.92 Å². The first kappa shape index (κ1) is 15.1. The van der Waals surface area contributed by atoms with Crippen LogP contribution in [0.1, 0.15) is 38.4 Å². The van der Waals surface area contributed by atoms with E-state index < -0.39 is 0 Å². The zero-order valence-electron chi connectivity index (χ0n) is 13.4. The molecule has 22 heavy (non-hydrogen) atoms. The minimum atomic E-state index is -0.199. The number of piperazine rings is 1. The van der Waals surface area contributed by atoms with Gasteiger partial charge in [-0.3, -0.25) is 0 Å². The second-order valence-corrected chi connectivity index (χ2v) is 6.49. The second kappa shape index (κ2) is 6.50. The average molecular weight is 304 g/mol. The van der Waals surface area contributed by atoms with Crippen LogP contribution in [0.4, 0.5) is 10.6 Å². The summed E-state index contributed by atoms with van der Waals surface area (Å²) in [5.74, 6) is 2.88. The first-order valence-electron chi connectivity index (χ1n) is 8.13. The van der Waals surface area contributed by atoms with Crippen molar-refractivity contribution in [2.75, 3.05) is 37.7 Å². The van der Waals surface area contributed by atoms with Crippen LogP contribution in [0.2, 0.25) is 0 Å². The van der Waals surface area contributed by atoms with Gasteiger partial charge >= 0.3 is 6.09 Å². The number of anilines is 1. The fourth-order valence-electron chi connectivity index (χ4n) is 2.53. The van der Waals surface area contributed by atoms with E-state index in [0.717, 1.165) is 24.7 Å². The third kappa shape index (κ3) is 3.67. The molecule has 1 aliphatic carbocycles. The van der Waals surface area contributed by atoms with Crippen molar-refractivity contribution in [3.63, 3.8) is 0 Å². The maximum absolute atomic E-state index is 12.0. The Hall–Kier alpha value is -1.85. The average Bonchev–Trinajstić information content (AvgIpc) is 3.38. The molecule has 0 aromatic carbocycles. The second-order valence-electron chi connectivity index (χ2n) is 6.49. The van der Waals surface area contributed by atoms with Crippen molar-refractivity contribution in [2.45, 2.75) is 32.6 Å². The number of amides is 1. The van der Waals surface area contributed by atoms with Crippen molar-refractivity contribution < 1.29 is 9.53 Å². The summed E-state index contributed by atoms with van der Waals surface area (Å²) in [5, 5.41) is 0. The molecule has 6 heteroatoms. The summed E-state index contributed by atoms with van der Waals surface area (Å²) in [4.78, 5) is 25.0. The lowest BCUT2D eigenvalue weighted by atomic mass is 10.2. The lowest BCUT2D eigenvalue weighted by Gasteiger charge is -2.34. The van der Waals surface area contributed by atoms with E-state index >= 15 is 0 Å². The molecular weight excluding hydrogens is 280 g/mol. The van der Waals surface area contributed by atoms with Gasteiger partial charge in [0.2, 0.25) is 0 Å². The minimum absolute atomic E-state index is 0.199. The van der Waals surface area contributed by atoms with E-state index in [-0.39, 0.29) is 6.09 Å². The molecule has 0 bridgehead atoms. The number of aromatic nitrogens is 2. The number of ether oxygens (including phenoxy) is 1. The highest BCUT2D eigenvalue weighted by Gasteiger charge is 2.28. The van der Waals surface area contributed by atoms with Crippen LogP contribution in [0.25, 0.3) is 0 Å². The van der Waals surface area contributed by atoms with E-state index in [1.165, 1.54) is 12.8 Å². The number of rotatable bonds is 4. The number of hydrogen-bond donors (Lipinski definition) is 0. The predicted molar refractivity (Wildman–Crippen MR) is 84.0 cm³/mol. The SMILES string of the molecule is CC(C)COC(=O)N1CCN(c2ccnc(C3CC3)n2)CC1. The van der Waals surface area contributed by atoms with E-state index in [2.05, 4.69) is 14.9 Å². The Kier molecular flexibility index (Phi) is 4.45. The van der Waals surface area contributed by atoms with Crippen molar-refractivity contribution in [3.05, 3.63) is 18.1 Å². The summed E-state index contributed by atoms with van der Waals surface area (Å²) in [7, 11) is 0. The normalized spacial score (nSPS) is 18.7. The topological polar surface area (TPSA) is 58.6 Å². The zero-order chi connectivity index (χ0) is 15.5. The number of carbonyl (C=O) groups is 1. The molecule has 1 saturated heterocycles. The van der Waals surface area contributed by atoms with Crippen LogP contribution in [0.5, 0.6) is 0 Å². The third-order valence-corrected chi connectivity index (χ3v) is 4.00. The van der Waals surface area contributed by atoms with Crippen LogP contribution in [0.3, 0.4) is 0 Å². The molecule has 1 aromatic rings. The van der Waals surface area contributed by atoms with Crippen molar-refractivity contribution in [1.82, 2.24) is 14.9 Å². The molecule has 0 spiro atoms. The predicted octanol–water partition coefficient (Wildman–Crippen LogP) is 2.27. The maximum atomic E-state index is 12.0. The van der Waals surface area contributed by atoms with Crippen LogP contribution in [-0.4, -0.2) is 53.7 Å². The van der Waals surface area contributed by atoms with Gasteiger partial charge in [-0.1, -0.05) is 13.8 Å². The van der Waals surface area contributed by atoms with Gasteiger partial charge in [-0.2, -0.15) is 0 Å². The maximum Gasteiger partial charge on any atom is 0.409 e. The Morgan fingerprint density at radius 1 is 1.32 bits per heavy atom. The first-order valence-corrected chi connectivity index (χ1v) is 8.13. The fraction of sp³-hybridized carbons (Fsp3) is 0.688. The molecule has 1 amide bonds. The van der Waals surface area contributed by atoms with Crippen LogP contribution < -0.4 is 4.90 Å². The monoisotopic (exact) mass is 304 g/mol. The lowest BCUT2D eigenvalue weighted by Crippen LogP contribution is -2.49. The molecule has 1 saturated carbocycles. The summed E-state index contributed by atoms with van der Waals surface area (Å²) in [6, 6.07) is 1.96. The molecule has 2 aliphatic rings. The van der Waals surface area contributed by atoms with Crippen LogP contribution in [0, 0.1) is 5.92 Å². The minimum Gasteiger partial charge on any atom is -0.449 e. The van der Waals surface area contributed by atoms with E-state index in [1.807, 2.05) is 26.1 Å². The molecule has 1 aromatic heterocycles. The van der Waals surface area contributed by atoms with Gasteiger partial charge in [0.25, 0.3) is 0 Å². The lowest BCUT2D eigenvalue weighted by molar-refractivity contribution is 0.0901. The Labute approximate surface area is 131 Å². The van der Waals surface area contributed by atoms with Crippen LogP contribution in [0.15, 0.2) is 12.3 Å². The highest BCUT2D eigenvalue weighted by Crippen LogP contribution is 2.38. The van der Waals surface area contributed by atoms with Crippen LogP contribution >= 0.6 is 0 Å². The quantitative estimate of drug-likeness (QED) is 0.854. The summed E-state index contributed by atoms with van der Waals surface area (Å²) >= 11 is 0.